The number of aliphatic hydroxyl groups is 3. The van der Waals surface area contributed by atoms with Crippen LogP contribution in [0.25, 0.3) is 0 Å². The van der Waals surface area contributed by atoms with Crippen molar-refractivity contribution >= 4 is 5.91 Å². The van der Waals surface area contributed by atoms with E-state index in [9.17, 15) is 20.1 Å². The molecule has 0 saturated carbocycles. The molecule has 0 aromatic heterocycles. The predicted molar refractivity (Wildman–Crippen MR) is 264 cm³/mol. The Bertz CT molecular complexity index is 931. The lowest BCUT2D eigenvalue weighted by atomic mass is 10.0. The zero-order valence-corrected chi connectivity index (χ0v) is 40.4. The van der Waals surface area contributed by atoms with E-state index in [1.165, 1.54) is 225 Å². The maximum absolute atomic E-state index is 12.5. The van der Waals surface area contributed by atoms with Crippen LogP contribution >= 0.6 is 0 Å². The van der Waals surface area contributed by atoms with Crippen molar-refractivity contribution in [3.8, 4) is 0 Å². The molecule has 0 bridgehead atoms. The molecular weight excluding hydrogens is 739 g/mol. The summed E-state index contributed by atoms with van der Waals surface area (Å²) >= 11 is 0. The fourth-order valence-electron chi connectivity index (χ4n) is 8.28. The molecule has 60 heavy (non-hydrogen) atoms. The number of carbonyl (C=O) groups is 1. The molecule has 0 aromatic carbocycles. The Morgan fingerprint density at radius 3 is 1.05 bits per heavy atom. The highest BCUT2D eigenvalue weighted by Gasteiger charge is 2.22. The fraction of sp³-hybridized carbons (Fsp3) is 0.873. The number of hydrogen-bond donors (Lipinski definition) is 4. The van der Waals surface area contributed by atoms with E-state index in [2.05, 4.69) is 43.5 Å². The van der Waals surface area contributed by atoms with Crippen LogP contribution in [0.4, 0.5) is 0 Å². The number of nitrogens with one attached hydrogen (secondary N) is 1. The SMILES string of the molecule is CCCCCCCCCCC/C=C\C/C=C\CCCCCCCCCCC(O)C(=O)NC(CO)C(O)/C=C/CCCCCCCCCCCCCCCCCCCCCC. The minimum absolute atomic E-state index is 0.365. The normalized spacial score (nSPS) is 13.6. The van der Waals surface area contributed by atoms with Crippen LogP contribution in [0.3, 0.4) is 0 Å². The van der Waals surface area contributed by atoms with Crippen molar-refractivity contribution in [2.45, 2.75) is 302 Å². The van der Waals surface area contributed by atoms with Gasteiger partial charge in [-0.15, -0.1) is 0 Å². The molecule has 5 nitrogen and oxygen atoms in total. The molecule has 0 aromatic rings. The van der Waals surface area contributed by atoms with Gasteiger partial charge in [-0.25, -0.2) is 0 Å². The van der Waals surface area contributed by atoms with Crippen LogP contribution < -0.4 is 5.32 Å². The van der Waals surface area contributed by atoms with Gasteiger partial charge >= 0.3 is 0 Å². The van der Waals surface area contributed by atoms with Crippen LogP contribution in [0.15, 0.2) is 36.5 Å². The highest BCUT2D eigenvalue weighted by molar-refractivity contribution is 5.80. The smallest absolute Gasteiger partial charge is 0.249 e. The number of aliphatic hydroxyl groups excluding tert-OH is 3. The minimum Gasteiger partial charge on any atom is -0.394 e. The van der Waals surface area contributed by atoms with Gasteiger partial charge in [0.25, 0.3) is 0 Å². The number of hydrogen-bond acceptors (Lipinski definition) is 4. The third-order valence-electron chi connectivity index (χ3n) is 12.5. The summed E-state index contributed by atoms with van der Waals surface area (Å²) in [6.07, 6.45) is 64.9. The highest BCUT2D eigenvalue weighted by atomic mass is 16.3. The quantitative estimate of drug-likeness (QED) is 0.0363. The topological polar surface area (TPSA) is 89.8 Å². The second kappa shape index (κ2) is 50.2. The predicted octanol–water partition coefficient (Wildman–Crippen LogP) is 16.3. The second-order valence-electron chi connectivity index (χ2n) is 18.4. The molecule has 354 valence electrons. The Morgan fingerprint density at radius 1 is 0.417 bits per heavy atom. The largest absolute Gasteiger partial charge is 0.394 e. The molecule has 0 aliphatic carbocycles. The average Bonchev–Trinajstić information content (AvgIpc) is 3.25. The van der Waals surface area contributed by atoms with Crippen molar-refractivity contribution in [1.82, 2.24) is 5.32 Å². The van der Waals surface area contributed by atoms with Gasteiger partial charge < -0.3 is 20.6 Å². The van der Waals surface area contributed by atoms with Gasteiger partial charge in [0, 0.05) is 0 Å². The molecule has 0 rings (SSSR count). The van der Waals surface area contributed by atoms with E-state index in [1.54, 1.807) is 6.08 Å². The Balaban J connectivity index is 3.62. The zero-order chi connectivity index (χ0) is 43.7. The van der Waals surface area contributed by atoms with Crippen molar-refractivity contribution in [2.24, 2.45) is 0 Å². The molecule has 0 aliphatic heterocycles. The van der Waals surface area contributed by atoms with E-state index in [0.717, 1.165) is 38.5 Å². The maximum Gasteiger partial charge on any atom is 0.249 e. The second-order valence-corrected chi connectivity index (χ2v) is 18.4. The van der Waals surface area contributed by atoms with Gasteiger partial charge in [-0.05, 0) is 51.4 Å². The number of rotatable bonds is 49. The first-order valence-electron chi connectivity index (χ1n) is 26.8. The van der Waals surface area contributed by atoms with Crippen LogP contribution in [0.1, 0.15) is 284 Å². The summed E-state index contributed by atoms with van der Waals surface area (Å²) in [4.78, 5) is 12.5. The maximum atomic E-state index is 12.5. The summed E-state index contributed by atoms with van der Waals surface area (Å²) in [7, 11) is 0. The molecule has 1 amide bonds. The summed E-state index contributed by atoms with van der Waals surface area (Å²) < 4.78 is 0. The Hall–Kier alpha value is -1.43. The molecule has 0 fully saturated rings. The third-order valence-corrected chi connectivity index (χ3v) is 12.5. The minimum atomic E-state index is -1.10. The first kappa shape index (κ1) is 58.6. The van der Waals surface area contributed by atoms with Gasteiger partial charge in [-0.3, -0.25) is 4.79 Å². The van der Waals surface area contributed by atoms with Crippen LogP contribution in [0.2, 0.25) is 0 Å². The van der Waals surface area contributed by atoms with Crippen molar-refractivity contribution in [1.29, 1.82) is 0 Å². The van der Waals surface area contributed by atoms with Crippen LogP contribution in [-0.2, 0) is 4.79 Å². The number of allylic oxidation sites excluding steroid dienone is 5. The number of carbonyl (C=O) groups excluding carboxylic acids is 1. The molecule has 0 radical (unpaired) electrons. The molecule has 4 N–H and O–H groups in total. The van der Waals surface area contributed by atoms with Gasteiger partial charge in [0.1, 0.15) is 6.10 Å². The summed E-state index contributed by atoms with van der Waals surface area (Å²) in [6.45, 7) is 4.21. The van der Waals surface area contributed by atoms with E-state index >= 15 is 0 Å². The molecule has 0 spiro atoms. The van der Waals surface area contributed by atoms with Crippen molar-refractivity contribution in [3.05, 3.63) is 36.5 Å². The Morgan fingerprint density at radius 2 is 0.717 bits per heavy atom. The monoisotopic (exact) mass is 844 g/mol. The van der Waals surface area contributed by atoms with E-state index < -0.39 is 24.2 Å². The summed E-state index contributed by atoms with van der Waals surface area (Å²) in [5.74, 6) is -0.505. The Kier molecular flexibility index (Phi) is 49.0. The van der Waals surface area contributed by atoms with Crippen molar-refractivity contribution in [3.63, 3.8) is 0 Å². The van der Waals surface area contributed by atoms with Crippen LogP contribution in [-0.4, -0.2) is 46.1 Å². The van der Waals surface area contributed by atoms with E-state index in [4.69, 9.17) is 0 Å². The lowest BCUT2D eigenvalue weighted by molar-refractivity contribution is -0.131. The molecule has 3 atom stereocenters. The van der Waals surface area contributed by atoms with Crippen molar-refractivity contribution < 1.29 is 20.1 Å². The molecule has 0 heterocycles. The summed E-state index contributed by atoms with van der Waals surface area (Å²) in [5.41, 5.74) is 0. The van der Waals surface area contributed by atoms with Gasteiger partial charge in [0.15, 0.2) is 0 Å². The first-order valence-corrected chi connectivity index (χ1v) is 26.8. The number of unbranched alkanes of at least 4 members (excludes halogenated alkanes) is 37. The lowest BCUT2D eigenvalue weighted by Gasteiger charge is -2.21. The molecule has 5 heteroatoms. The standard InChI is InChI=1S/C55H105NO4/c1-3-5-7-9-11-13-15-17-19-21-23-25-27-28-30-32-34-36-38-40-42-44-46-48-50-54(59)55(60)56-52(51-57)53(58)49-47-45-43-41-39-37-35-33-31-29-26-24-22-20-18-16-14-12-10-8-6-4-2/h23,25,28,30,47,49,52-54,57-59H,3-22,24,26-27,29,31-46,48,50-51H2,1-2H3,(H,56,60)/b25-23-,30-28-,49-47+. The fourth-order valence-corrected chi connectivity index (χ4v) is 8.28. The summed E-state index contributed by atoms with van der Waals surface area (Å²) in [5, 5.41) is 33.3. The van der Waals surface area contributed by atoms with Crippen LogP contribution in [0, 0.1) is 0 Å². The zero-order valence-electron chi connectivity index (χ0n) is 40.4. The average molecular weight is 844 g/mol. The van der Waals surface area contributed by atoms with Gasteiger partial charge in [-0.2, -0.15) is 0 Å². The van der Waals surface area contributed by atoms with Gasteiger partial charge in [0.2, 0.25) is 5.91 Å². The lowest BCUT2D eigenvalue weighted by Crippen LogP contribution is -2.48. The van der Waals surface area contributed by atoms with E-state index in [0.29, 0.717) is 6.42 Å². The number of amides is 1. The van der Waals surface area contributed by atoms with Crippen LogP contribution in [0.5, 0.6) is 0 Å². The summed E-state index contributed by atoms with van der Waals surface area (Å²) in [6, 6.07) is -0.801. The van der Waals surface area contributed by atoms with Crippen molar-refractivity contribution in [2.75, 3.05) is 6.61 Å². The van der Waals surface area contributed by atoms with Gasteiger partial charge in [-0.1, -0.05) is 269 Å². The molecule has 0 aliphatic rings. The van der Waals surface area contributed by atoms with E-state index in [-0.39, 0.29) is 6.61 Å². The Labute approximate surface area is 374 Å². The van der Waals surface area contributed by atoms with E-state index in [1.807, 2.05) is 6.08 Å². The highest BCUT2D eigenvalue weighted by Crippen LogP contribution is 2.17. The first-order chi connectivity index (χ1) is 29.6. The van der Waals surface area contributed by atoms with Gasteiger partial charge in [0.05, 0.1) is 18.8 Å². The molecule has 3 unspecified atom stereocenters. The molecule has 0 saturated heterocycles. The molecular formula is C55H105NO4. The third kappa shape index (κ3) is 44.6.